The molecule has 4 rings (SSSR count). The molecule has 0 spiro atoms. The molecule has 1 saturated heterocycles. The van der Waals surface area contributed by atoms with Gasteiger partial charge in [0.1, 0.15) is 12.1 Å². The Labute approximate surface area is 145 Å². The highest BCUT2D eigenvalue weighted by atomic mass is 16.5. The van der Waals surface area contributed by atoms with E-state index in [0.29, 0.717) is 5.39 Å². The van der Waals surface area contributed by atoms with Crippen LogP contribution in [0.15, 0.2) is 45.9 Å². The van der Waals surface area contributed by atoms with E-state index in [1.165, 1.54) is 0 Å². The number of fused-ring (bicyclic) bond motifs is 1. The predicted octanol–water partition coefficient (Wildman–Crippen LogP) is 1.79. The minimum atomic E-state index is -0.0721. The molecule has 0 unspecified atom stereocenters. The van der Waals surface area contributed by atoms with Gasteiger partial charge in [-0.2, -0.15) is 0 Å². The monoisotopic (exact) mass is 339 g/mol. The van der Waals surface area contributed by atoms with E-state index in [2.05, 4.69) is 31.8 Å². The van der Waals surface area contributed by atoms with Gasteiger partial charge in [0.2, 0.25) is 0 Å². The number of hydrogen-bond acceptors (Lipinski definition) is 6. The minimum Gasteiger partial charge on any atom is -0.364 e. The van der Waals surface area contributed by atoms with E-state index in [0.717, 1.165) is 49.8 Å². The number of rotatable bonds is 4. The Morgan fingerprint density at radius 3 is 2.76 bits per heavy atom. The predicted molar refractivity (Wildman–Crippen MR) is 94.1 cm³/mol. The van der Waals surface area contributed by atoms with Crippen molar-refractivity contribution in [3.8, 4) is 0 Å². The number of nitrogens with zero attached hydrogens (tertiary/aromatic N) is 4. The van der Waals surface area contributed by atoms with E-state index in [1.54, 1.807) is 12.3 Å². The largest absolute Gasteiger partial charge is 0.364 e. The molecule has 2 aromatic heterocycles. The first-order valence-electron chi connectivity index (χ1n) is 8.55. The number of piperazine rings is 1. The molecule has 0 radical (unpaired) electrons. The Morgan fingerprint density at radius 1 is 1.20 bits per heavy atom. The molecule has 3 heterocycles. The van der Waals surface area contributed by atoms with Crippen molar-refractivity contribution in [2.24, 2.45) is 0 Å². The van der Waals surface area contributed by atoms with Crippen molar-refractivity contribution in [2.75, 3.05) is 26.2 Å². The molecular formula is C18H21N5O2. The highest BCUT2D eigenvalue weighted by molar-refractivity contribution is 5.77. The van der Waals surface area contributed by atoms with Gasteiger partial charge in [-0.05, 0) is 19.1 Å². The molecule has 1 aromatic carbocycles. The van der Waals surface area contributed by atoms with E-state index in [4.69, 9.17) is 4.52 Å². The summed E-state index contributed by atoms with van der Waals surface area (Å²) >= 11 is 0. The molecule has 1 atom stereocenters. The number of nitrogens with one attached hydrogen (secondary N) is 1. The first-order valence-corrected chi connectivity index (χ1v) is 8.55. The van der Waals surface area contributed by atoms with Crippen LogP contribution in [0.2, 0.25) is 0 Å². The second-order valence-corrected chi connectivity index (χ2v) is 6.45. The molecule has 3 aromatic rings. The van der Waals surface area contributed by atoms with Gasteiger partial charge in [0.05, 0.1) is 22.6 Å². The van der Waals surface area contributed by atoms with Crippen LogP contribution >= 0.6 is 0 Å². The molecule has 7 nitrogen and oxygen atoms in total. The minimum absolute atomic E-state index is 0.0721. The fourth-order valence-corrected chi connectivity index (χ4v) is 3.33. The van der Waals surface area contributed by atoms with Crippen LogP contribution in [0.25, 0.3) is 10.9 Å². The molecular weight excluding hydrogens is 318 g/mol. The molecule has 25 heavy (non-hydrogen) atoms. The number of benzene rings is 1. The smallest absolute Gasteiger partial charge is 0.258 e. The first kappa shape index (κ1) is 16.0. The molecule has 130 valence electrons. The van der Waals surface area contributed by atoms with E-state index < -0.39 is 0 Å². The maximum atomic E-state index is 12.3. The number of aromatic amines is 1. The van der Waals surface area contributed by atoms with E-state index in [9.17, 15) is 4.79 Å². The number of hydrogen-bond donors (Lipinski definition) is 1. The van der Waals surface area contributed by atoms with Gasteiger partial charge in [0, 0.05) is 38.8 Å². The Balaban J connectivity index is 1.45. The van der Waals surface area contributed by atoms with Crippen LogP contribution in [-0.4, -0.2) is 51.1 Å². The zero-order valence-electron chi connectivity index (χ0n) is 14.2. The average Bonchev–Trinajstić information content (AvgIpc) is 3.15. The molecule has 1 fully saturated rings. The van der Waals surface area contributed by atoms with Crippen LogP contribution in [0, 0.1) is 0 Å². The lowest BCUT2D eigenvalue weighted by Crippen LogP contribution is -2.47. The zero-order chi connectivity index (χ0) is 17.2. The lowest BCUT2D eigenvalue weighted by molar-refractivity contribution is 0.0933. The van der Waals surface area contributed by atoms with Crippen molar-refractivity contribution < 1.29 is 4.52 Å². The Morgan fingerprint density at radius 2 is 2.00 bits per heavy atom. The average molecular weight is 339 g/mol. The van der Waals surface area contributed by atoms with Crippen LogP contribution in [0.4, 0.5) is 0 Å². The van der Waals surface area contributed by atoms with Crippen molar-refractivity contribution in [1.29, 1.82) is 0 Å². The summed E-state index contributed by atoms with van der Waals surface area (Å²) in [5, 5.41) is 4.61. The highest BCUT2D eigenvalue weighted by Crippen LogP contribution is 2.20. The summed E-state index contributed by atoms with van der Waals surface area (Å²) in [5.41, 5.74) is 1.64. The summed E-state index contributed by atoms with van der Waals surface area (Å²) in [5.74, 6) is 0.730. The Bertz CT molecular complexity index is 897. The van der Waals surface area contributed by atoms with Gasteiger partial charge in [0.15, 0.2) is 0 Å². The standard InChI is InChI=1S/C18H21N5O2/c1-13(17-19-16-5-3-2-4-15(16)18(24)20-17)23-9-7-22(8-10-23)12-14-6-11-25-21-14/h2-6,11,13H,7-10,12H2,1H3,(H,19,20,24)/t13-/m1/s1. The van der Waals surface area contributed by atoms with Crippen molar-refractivity contribution >= 4 is 10.9 Å². The second kappa shape index (κ2) is 6.78. The molecule has 1 N–H and O–H groups in total. The van der Waals surface area contributed by atoms with Crippen LogP contribution < -0.4 is 5.56 Å². The fourth-order valence-electron chi connectivity index (χ4n) is 3.33. The highest BCUT2D eigenvalue weighted by Gasteiger charge is 2.24. The van der Waals surface area contributed by atoms with Gasteiger partial charge in [-0.15, -0.1) is 0 Å². The summed E-state index contributed by atoms with van der Waals surface area (Å²) in [4.78, 5) is 24.6. The molecule has 1 aliphatic rings. The van der Waals surface area contributed by atoms with Crippen molar-refractivity contribution in [2.45, 2.75) is 19.5 Å². The van der Waals surface area contributed by atoms with Crippen molar-refractivity contribution in [3.63, 3.8) is 0 Å². The van der Waals surface area contributed by atoms with Crippen LogP contribution in [0.5, 0.6) is 0 Å². The lowest BCUT2D eigenvalue weighted by Gasteiger charge is -2.37. The van der Waals surface area contributed by atoms with Gasteiger partial charge in [-0.3, -0.25) is 14.6 Å². The molecule has 0 amide bonds. The molecule has 1 aliphatic heterocycles. The zero-order valence-corrected chi connectivity index (χ0v) is 14.2. The topological polar surface area (TPSA) is 78.3 Å². The maximum absolute atomic E-state index is 12.3. The summed E-state index contributed by atoms with van der Waals surface area (Å²) in [7, 11) is 0. The number of aromatic nitrogens is 3. The third kappa shape index (κ3) is 3.33. The van der Waals surface area contributed by atoms with Crippen LogP contribution in [-0.2, 0) is 6.54 Å². The third-order valence-corrected chi connectivity index (χ3v) is 4.86. The Hall–Kier alpha value is -2.51. The summed E-state index contributed by atoms with van der Waals surface area (Å²) in [6.07, 6.45) is 1.61. The van der Waals surface area contributed by atoms with E-state index in [1.807, 2.05) is 24.3 Å². The molecule has 0 aliphatic carbocycles. The van der Waals surface area contributed by atoms with Crippen LogP contribution in [0.3, 0.4) is 0 Å². The van der Waals surface area contributed by atoms with Gasteiger partial charge >= 0.3 is 0 Å². The van der Waals surface area contributed by atoms with Crippen molar-refractivity contribution in [1.82, 2.24) is 24.9 Å². The first-order chi connectivity index (χ1) is 12.2. The maximum Gasteiger partial charge on any atom is 0.258 e. The van der Waals surface area contributed by atoms with Gasteiger partial charge in [-0.1, -0.05) is 17.3 Å². The van der Waals surface area contributed by atoms with Gasteiger partial charge in [0.25, 0.3) is 5.56 Å². The third-order valence-electron chi connectivity index (χ3n) is 4.86. The summed E-state index contributed by atoms with van der Waals surface area (Å²) in [6.45, 7) is 6.67. The van der Waals surface area contributed by atoms with Gasteiger partial charge < -0.3 is 9.51 Å². The fraction of sp³-hybridized carbons (Fsp3) is 0.389. The summed E-state index contributed by atoms with van der Waals surface area (Å²) in [6, 6.07) is 9.43. The molecule has 0 bridgehead atoms. The number of H-pyrrole nitrogens is 1. The normalized spacial score (nSPS) is 17.8. The quantitative estimate of drug-likeness (QED) is 0.781. The lowest BCUT2D eigenvalue weighted by atomic mass is 10.2. The van der Waals surface area contributed by atoms with E-state index in [-0.39, 0.29) is 11.6 Å². The van der Waals surface area contributed by atoms with Crippen LogP contribution in [0.1, 0.15) is 24.5 Å². The molecule has 0 saturated carbocycles. The Kier molecular flexibility index (Phi) is 4.33. The SMILES string of the molecule is C[C@H](c1nc2ccccc2c(=O)[nH]1)N1CCN(Cc2ccon2)CC1. The van der Waals surface area contributed by atoms with Crippen molar-refractivity contribution in [3.05, 3.63) is 58.5 Å². The second-order valence-electron chi connectivity index (χ2n) is 6.45. The number of para-hydroxylation sites is 1. The summed E-state index contributed by atoms with van der Waals surface area (Å²) < 4.78 is 4.89. The van der Waals surface area contributed by atoms with E-state index >= 15 is 0 Å². The van der Waals surface area contributed by atoms with Gasteiger partial charge in [-0.25, -0.2) is 4.98 Å². The molecule has 7 heteroatoms.